The van der Waals surface area contributed by atoms with Gasteiger partial charge in [0, 0.05) is 11.1 Å². The smallest absolute Gasteiger partial charge is 0.232 e. The largest absolute Gasteiger partial charge is 0.486 e. The Kier molecular flexibility index (Phi) is 4.73. The molecule has 0 atom stereocenters. The Morgan fingerprint density at radius 3 is 1.95 bits per heavy atom. The van der Waals surface area contributed by atoms with Gasteiger partial charge in [-0.3, -0.25) is 9.59 Å². The molecule has 1 aromatic rings. The summed E-state index contributed by atoms with van der Waals surface area (Å²) < 4.78 is 24.1. The Hall–Kier alpha value is -2.17. The van der Waals surface area contributed by atoms with Gasteiger partial charge in [0.1, 0.15) is 5.82 Å². The quantitative estimate of drug-likeness (QED) is 0.807. The van der Waals surface area contributed by atoms with Gasteiger partial charge in [-0.1, -0.05) is 13.8 Å². The monoisotopic (exact) mass is 292 g/mol. The number of benzene rings is 1. The number of halogens is 1. The minimum absolute atomic E-state index is 0.0231. The fourth-order valence-electron chi connectivity index (χ4n) is 2.02. The lowest BCUT2D eigenvalue weighted by Crippen LogP contribution is -2.25. The highest BCUT2D eigenvalue weighted by molar-refractivity contribution is 6.25. The normalized spacial score (nSPS) is 14.2. The van der Waals surface area contributed by atoms with Crippen LogP contribution < -0.4 is 0 Å². The summed E-state index contributed by atoms with van der Waals surface area (Å²) in [5.74, 6) is -1.71. The summed E-state index contributed by atoms with van der Waals surface area (Å²) in [6.45, 7) is 4.38. The number of hydrogen-bond acceptors (Lipinski definition) is 4. The minimum Gasteiger partial charge on any atom is -0.486 e. The maximum Gasteiger partial charge on any atom is 0.232 e. The van der Waals surface area contributed by atoms with E-state index in [0.29, 0.717) is 19.4 Å². The molecule has 1 aliphatic carbocycles. The molecule has 0 heterocycles. The van der Waals surface area contributed by atoms with Gasteiger partial charge in [0.2, 0.25) is 23.1 Å². The molecule has 21 heavy (non-hydrogen) atoms. The standard InChI is InChI=1S/C16H17FO4/c1-3-7-20-15-13(18)11-6-5-10(17)9-12(11)14(19)16(15)21-8-4-2/h5-6,9H,3-4,7-8H2,1-2H3. The lowest BCUT2D eigenvalue weighted by Gasteiger charge is -2.21. The van der Waals surface area contributed by atoms with Gasteiger partial charge in [-0.2, -0.15) is 0 Å². The van der Waals surface area contributed by atoms with Crippen molar-refractivity contribution in [3.63, 3.8) is 0 Å². The third-order valence-corrected chi connectivity index (χ3v) is 2.99. The molecule has 0 N–H and O–H groups in total. The van der Waals surface area contributed by atoms with E-state index in [0.717, 1.165) is 12.1 Å². The zero-order valence-corrected chi connectivity index (χ0v) is 12.1. The van der Waals surface area contributed by atoms with Crippen LogP contribution in [0.5, 0.6) is 0 Å². The van der Waals surface area contributed by atoms with Gasteiger partial charge in [-0.15, -0.1) is 0 Å². The summed E-state index contributed by atoms with van der Waals surface area (Å²) in [4.78, 5) is 24.8. The van der Waals surface area contributed by atoms with E-state index >= 15 is 0 Å². The van der Waals surface area contributed by atoms with Crippen molar-refractivity contribution in [1.82, 2.24) is 0 Å². The van der Waals surface area contributed by atoms with Crippen molar-refractivity contribution in [3.05, 3.63) is 46.7 Å². The number of rotatable bonds is 6. The SMILES string of the molecule is CCCOC1=C(OCCC)C(=O)c2cc(F)ccc2C1=O. The molecule has 0 aliphatic heterocycles. The van der Waals surface area contributed by atoms with Crippen molar-refractivity contribution >= 4 is 11.6 Å². The van der Waals surface area contributed by atoms with Crippen LogP contribution in [0.2, 0.25) is 0 Å². The number of allylic oxidation sites excluding steroid dienone is 2. The Morgan fingerprint density at radius 2 is 1.43 bits per heavy atom. The van der Waals surface area contributed by atoms with Crippen molar-refractivity contribution in [2.45, 2.75) is 26.7 Å². The van der Waals surface area contributed by atoms with Crippen LogP contribution in [0.25, 0.3) is 0 Å². The topological polar surface area (TPSA) is 52.6 Å². The van der Waals surface area contributed by atoms with Crippen molar-refractivity contribution in [2.75, 3.05) is 13.2 Å². The fourth-order valence-corrected chi connectivity index (χ4v) is 2.02. The van der Waals surface area contributed by atoms with Gasteiger partial charge in [-0.25, -0.2) is 4.39 Å². The summed E-state index contributed by atoms with van der Waals surface area (Å²) in [6.07, 6.45) is 1.38. The lowest BCUT2D eigenvalue weighted by molar-refractivity contribution is 0.0751. The number of carbonyl (C=O) groups excluding carboxylic acids is 2. The molecule has 0 saturated carbocycles. The van der Waals surface area contributed by atoms with Crippen LogP contribution >= 0.6 is 0 Å². The van der Waals surface area contributed by atoms with E-state index in [2.05, 4.69) is 0 Å². The van der Waals surface area contributed by atoms with Crippen molar-refractivity contribution in [2.24, 2.45) is 0 Å². The van der Waals surface area contributed by atoms with Crippen molar-refractivity contribution in [1.29, 1.82) is 0 Å². The first kappa shape index (κ1) is 15.2. The fraction of sp³-hybridized carbons (Fsp3) is 0.375. The minimum atomic E-state index is -0.567. The van der Waals surface area contributed by atoms with Crippen LogP contribution in [0.15, 0.2) is 29.7 Å². The molecule has 1 aliphatic rings. The van der Waals surface area contributed by atoms with Gasteiger partial charge in [-0.05, 0) is 31.0 Å². The van der Waals surface area contributed by atoms with Gasteiger partial charge in [0.05, 0.1) is 13.2 Å². The van der Waals surface area contributed by atoms with E-state index in [9.17, 15) is 14.0 Å². The number of ketones is 2. The van der Waals surface area contributed by atoms with E-state index in [-0.39, 0.29) is 29.3 Å². The second kappa shape index (κ2) is 6.52. The summed E-state index contributed by atoms with van der Waals surface area (Å²) in [6, 6.07) is 3.51. The molecule has 112 valence electrons. The average molecular weight is 292 g/mol. The van der Waals surface area contributed by atoms with Crippen LogP contribution in [0.1, 0.15) is 47.4 Å². The number of hydrogen-bond donors (Lipinski definition) is 0. The number of ether oxygens (including phenoxy) is 2. The molecule has 0 spiro atoms. The number of carbonyl (C=O) groups is 2. The number of Topliss-reactive ketones (excluding diaryl/α,β-unsaturated/α-hetero) is 2. The molecule has 0 radical (unpaired) electrons. The third kappa shape index (κ3) is 2.96. The van der Waals surface area contributed by atoms with Crippen molar-refractivity contribution in [3.8, 4) is 0 Å². The lowest BCUT2D eigenvalue weighted by atomic mass is 9.92. The Balaban J connectivity index is 2.47. The predicted molar refractivity (Wildman–Crippen MR) is 74.6 cm³/mol. The highest BCUT2D eigenvalue weighted by atomic mass is 19.1. The zero-order chi connectivity index (χ0) is 15.4. The summed E-state index contributed by atoms with van der Waals surface area (Å²) in [7, 11) is 0. The van der Waals surface area contributed by atoms with E-state index in [1.165, 1.54) is 6.07 Å². The first-order chi connectivity index (χ1) is 10.1. The van der Waals surface area contributed by atoms with Crippen LogP contribution in [0, 0.1) is 5.82 Å². The highest BCUT2D eigenvalue weighted by Crippen LogP contribution is 2.28. The molecule has 5 heteroatoms. The maximum absolute atomic E-state index is 13.3. The number of fused-ring (bicyclic) bond motifs is 1. The van der Waals surface area contributed by atoms with E-state index in [1.807, 2.05) is 13.8 Å². The molecule has 2 rings (SSSR count). The third-order valence-electron chi connectivity index (χ3n) is 2.99. The molecular formula is C16H17FO4. The van der Waals surface area contributed by atoms with E-state index < -0.39 is 17.4 Å². The zero-order valence-electron chi connectivity index (χ0n) is 12.1. The van der Waals surface area contributed by atoms with E-state index in [1.54, 1.807) is 0 Å². The second-order valence-electron chi connectivity index (χ2n) is 4.70. The maximum atomic E-state index is 13.3. The Labute approximate surface area is 122 Å². The summed E-state index contributed by atoms with van der Waals surface area (Å²) in [5, 5.41) is 0. The first-order valence-electron chi connectivity index (χ1n) is 6.99. The molecule has 0 aromatic heterocycles. The highest BCUT2D eigenvalue weighted by Gasteiger charge is 2.35. The van der Waals surface area contributed by atoms with Gasteiger partial charge < -0.3 is 9.47 Å². The van der Waals surface area contributed by atoms with Crippen LogP contribution in [-0.4, -0.2) is 24.8 Å². The predicted octanol–water partition coefficient (Wildman–Crippen LogP) is 3.27. The van der Waals surface area contributed by atoms with Gasteiger partial charge in [0.15, 0.2) is 0 Å². The Bertz CT molecular complexity index is 604. The molecule has 0 unspecified atom stereocenters. The molecule has 4 nitrogen and oxygen atoms in total. The molecule has 0 bridgehead atoms. The molecular weight excluding hydrogens is 275 g/mol. The molecule has 0 fully saturated rings. The average Bonchev–Trinajstić information content (AvgIpc) is 2.48. The van der Waals surface area contributed by atoms with Gasteiger partial charge in [0.25, 0.3) is 0 Å². The Morgan fingerprint density at radius 1 is 0.905 bits per heavy atom. The van der Waals surface area contributed by atoms with E-state index in [4.69, 9.17) is 9.47 Å². The van der Waals surface area contributed by atoms with Crippen LogP contribution in [0.3, 0.4) is 0 Å². The first-order valence-corrected chi connectivity index (χ1v) is 6.99. The molecule has 0 amide bonds. The van der Waals surface area contributed by atoms with Crippen molar-refractivity contribution < 1.29 is 23.5 Å². The van der Waals surface area contributed by atoms with Gasteiger partial charge >= 0.3 is 0 Å². The van der Waals surface area contributed by atoms with Crippen LogP contribution in [-0.2, 0) is 9.47 Å². The summed E-state index contributed by atoms with van der Waals surface area (Å²) >= 11 is 0. The second-order valence-corrected chi connectivity index (χ2v) is 4.70. The summed E-state index contributed by atoms with van der Waals surface area (Å²) in [5.41, 5.74) is 0.173. The van der Waals surface area contributed by atoms with Crippen LogP contribution in [0.4, 0.5) is 4.39 Å². The molecule has 0 saturated heterocycles. The molecule has 1 aromatic carbocycles.